The molecule has 0 aliphatic heterocycles. The number of nitrogens with one attached hydrogen (secondary N) is 1. The molecule has 0 radical (unpaired) electrons. The van der Waals surface area contributed by atoms with Crippen LogP contribution < -0.4 is 5.32 Å². The van der Waals surface area contributed by atoms with Gasteiger partial charge in [-0.3, -0.25) is 9.59 Å². The Bertz CT molecular complexity index is 898. The number of carbonyl (C=O) groups excluding carboxylic acids is 2. The van der Waals surface area contributed by atoms with E-state index in [0.717, 1.165) is 5.56 Å². The highest BCUT2D eigenvalue weighted by Gasteiger charge is 2.29. The Morgan fingerprint density at radius 2 is 1.60 bits per heavy atom. The number of benzene rings is 2. The van der Waals surface area contributed by atoms with Gasteiger partial charge in [-0.05, 0) is 55.7 Å². The fraction of sp³-hybridized carbons (Fsp3) is 0.364. The molecule has 0 unspecified atom stereocenters. The zero-order valence-corrected chi connectivity index (χ0v) is 20.0. The van der Waals surface area contributed by atoms with E-state index in [2.05, 4.69) is 5.32 Å². The van der Waals surface area contributed by atoms with Gasteiger partial charge in [-0.2, -0.15) is 0 Å². The smallest absolute Gasteiger partial charge is 0.243 e. The van der Waals surface area contributed by atoms with Crippen LogP contribution in [0.4, 0.5) is 0 Å². The van der Waals surface area contributed by atoms with Crippen molar-refractivity contribution in [2.24, 2.45) is 0 Å². The van der Waals surface area contributed by atoms with Gasteiger partial charge in [-0.15, -0.1) is 0 Å². The van der Waals surface area contributed by atoms with Gasteiger partial charge in [0.1, 0.15) is 6.04 Å². The van der Waals surface area contributed by atoms with E-state index in [1.165, 1.54) is 4.90 Å². The summed E-state index contributed by atoms with van der Waals surface area (Å²) in [7, 11) is 0. The number of carbonyl (C=O) groups is 2. The van der Waals surface area contributed by atoms with Gasteiger partial charge in [0.15, 0.2) is 0 Å². The number of amides is 2. The SMILES string of the molecule is CC[C@H](C(=O)NC(C)C)N(Cc1ccc(Cl)c(Cl)c1)C(=O)Cc1c(Cl)cccc1Cl. The van der Waals surface area contributed by atoms with E-state index >= 15 is 0 Å². The van der Waals surface area contributed by atoms with Gasteiger partial charge in [0.25, 0.3) is 0 Å². The lowest BCUT2D eigenvalue weighted by molar-refractivity contribution is -0.141. The maximum atomic E-state index is 13.3. The minimum absolute atomic E-state index is 0.0225. The first-order valence-electron chi connectivity index (χ1n) is 9.60. The van der Waals surface area contributed by atoms with Crippen molar-refractivity contribution in [1.29, 1.82) is 0 Å². The maximum Gasteiger partial charge on any atom is 0.243 e. The monoisotopic (exact) mass is 488 g/mol. The Labute approximate surface area is 197 Å². The van der Waals surface area contributed by atoms with E-state index in [4.69, 9.17) is 46.4 Å². The minimum atomic E-state index is -0.657. The molecular weight excluding hydrogens is 466 g/mol. The number of halogens is 4. The molecule has 2 aromatic carbocycles. The van der Waals surface area contributed by atoms with Gasteiger partial charge in [-0.25, -0.2) is 0 Å². The van der Waals surface area contributed by atoms with Gasteiger partial charge in [-0.1, -0.05) is 65.5 Å². The highest BCUT2D eigenvalue weighted by atomic mass is 35.5. The fourth-order valence-electron chi connectivity index (χ4n) is 3.09. The van der Waals surface area contributed by atoms with Gasteiger partial charge in [0.2, 0.25) is 11.8 Å². The highest BCUT2D eigenvalue weighted by molar-refractivity contribution is 6.42. The van der Waals surface area contributed by atoms with Gasteiger partial charge in [0, 0.05) is 22.6 Å². The Morgan fingerprint density at radius 1 is 0.967 bits per heavy atom. The Morgan fingerprint density at radius 3 is 2.13 bits per heavy atom. The first-order valence-corrected chi connectivity index (χ1v) is 11.1. The molecule has 0 heterocycles. The molecule has 0 bridgehead atoms. The lowest BCUT2D eigenvalue weighted by Crippen LogP contribution is -2.50. The largest absolute Gasteiger partial charge is 0.352 e. The molecule has 2 aromatic rings. The van der Waals surface area contributed by atoms with Crippen molar-refractivity contribution in [2.75, 3.05) is 0 Å². The summed E-state index contributed by atoms with van der Waals surface area (Å²) < 4.78 is 0. The summed E-state index contributed by atoms with van der Waals surface area (Å²) in [6, 6.07) is 9.52. The molecule has 0 fully saturated rings. The van der Waals surface area contributed by atoms with Crippen molar-refractivity contribution in [2.45, 2.75) is 52.2 Å². The Kier molecular flexibility index (Phi) is 9.30. The summed E-state index contributed by atoms with van der Waals surface area (Å²) in [5, 5.41) is 4.51. The molecule has 2 amide bonds. The van der Waals surface area contributed by atoms with Crippen LogP contribution in [-0.2, 0) is 22.6 Å². The summed E-state index contributed by atoms with van der Waals surface area (Å²) in [4.78, 5) is 27.7. The van der Waals surface area contributed by atoms with E-state index in [1.54, 1.807) is 36.4 Å². The molecule has 0 aliphatic rings. The predicted octanol–water partition coefficient (Wildman–Crippen LogP) is 6.17. The van der Waals surface area contributed by atoms with E-state index in [-0.39, 0.29) is 30.8 Å². The van der Waals surface area contributed by atoms with Crippen molar-refractivity contribution in [3.8, 4) is 0 Å². The summed E-state index contributed by atoms with van der Waals surface area (Å²) >= 11 is 24.7. The van der Waals surface area contributed by atoms with Gasteiger partial charge >= 0.3 is 0 Å². The molecule has 0 saturated carbocycles. The Balaban J connectivity index is 2.38. The van der Waals surface area contributed by atoms with Crippen molar-refractivity contribution in [1.82, 2.24) is 10.2 Å². The quantitative estimate of drug-likeness (QED) is 0.481. The van der Waals surface area contributed by atoms with Crippen LogP contribution in [0.5, 0.6) is 0 Å². The molecule has 30 heavy (non-hydrogen) atoms. The second-order valence-corrected chi connectivity index (χ2v) is 8.86. The van der Waals surface area contributed by atoms with Gasteiger partial charge < -0.3 is 10.2 Å². The molecule has 1 atom stereocenters. The third-order valence-corrected chi connectivity index (χ3v) is 5.99. The summed E-state index contributed by atoms with van der Waals surface area (Å²) in [5.41, 5.74) is 1.29. The van der Waals surface area contributed by atoms with Crippen LogP contribution in [0, 0.1) is 0 Å². The van der Waals surface area contributed by atoms with Crippen LogP contribution in [0.15, 0.2) is 36.4 Å². The normalized spacial score (nSPS) is 12.0. The van der Waals surface area contributed by atoms with Crippen LogP contribution in [0.25, 0.3) is 0 Å². The molecular formula is C22H24Cl4N2O2. The van der Waals surface area contributed by atoms with E-state index in [1.807, 2.05) is 20.8 Å². The summed E-state index contributed by atoms with van der Waals surface area (Å²) in [6.07, 6.45) is 0.424. The second-order valence-electron chi connectivity index (χ2n) is 7.23. The third-order valence-electron chi connectivity index (χ3n) is 4.54. The number of hydrogen-bond donors (Lipinski definition) is 1. The lowest BCUT2D eigenvalue weighted by atomic mass is 10.1. The fourth-order valence-corrected chi connectivity index (χ4v) is 3.94. The van der Waals surface area contributed by atoms with Crippen LogP contribution in [0.2, 0.25) is 20.1 Å². The number of hydrogen-bond acceptors (Lipinski definition) is 2. The number of nitrogens with zero attached hydrogens (tertiary/aromatic N) is 1. The molecule has 0 aliphatic carbocycles. The molecule has 162 valence electrons. The first kappa shape index (κ1) is 24.8. The van der Waals surface area contributed by atoms with Crippen LogP contribution in [0.1, 0.15) is 38.3 Å². The molecule has 8 heteroatoms. The average molecular weight is 490 g/mol. The highest BCUT2D eigenvalue weighted by Crippen LogP contribution is 2.27. The van der Waals surface area contributed by atoms with E-state index < -0.39 is 6.04 Å². The lowest BCUT2D eigenvalue weighted by Gasteiger charge is -2.31. The maximum absolute atomic E-state index is 13.3. The molecule has 0 saturated heterocycles. The van der Waals surface area contributed by atoms with Crippen molar-refractivity contribution >= 4 is 58.2 Å². The van der Waals surface area contributed by atoms with E-state index in [9.17, 15) is 9.59 Å². The van der Waals surface area contributed by atoms with Crippen LogP contribution in [0.3, 0.4) is 0 Å². The topological polar surface area (TPSA) is 49.4 Å². The second kappa shape index (κ2) is 11.2. The molecule has 1 N–H and O–H groups in total. The third kappa shape index (κ3) is 6.52. The molecule has 4 nitrogen and oxygen atoms in total. The predicted molar refractivity (Wildman–Crippen MR) is 125 cm³/mol. The Hall–Kier alpha value is -1.46. The summed E-state index contributed by atoms with van der Waals surface area (Å²) in [6.45, 7) is 5.81. The molecule has 0 aromatic heterocycles. The zero-order valence-electron chi connectivity index (χ0n) is 17.0. The van der Waals surface area contributed by atoms with Crippen molar-refractivity contribution < 1.29 is 9.59 Å². The minimum Gasteiger partial charge on any atom is -0.352 e. The van der Waals surface area contributed by atoms with Crippen molar-refractivity contribution in [3.05, 3.63) is 67.6 Å². The standard InChI is InChI=1S/C22H24Cl4N2O2/c1-4-20(22(30)27-13(2)3)28(12-14-8-9-18(25)19(26)10-14)21(29)11-15-16(23)6-5-7-17(15)24/h5-10,13,20H,4,11-12H2,1-3H3,(H,27,30)/t20-/m1/s1. The molecule has 0 spiro atoms. The summed E-state index contributed by atoms with van der Waals surface area (Å²) in [5.74, 6) is -0.479. The number of rotatable bonds is 8. The zero-order chi connectivity index (χ0) is 22.4. The van der Waals surface area contributed by atoms with Crippen LogP contribution >= 0.6 is 46.4 Å². The van der Waals surface area contributed by atoms with E-state index in [0.29, 0.717) is 32.1 Å². The molecule has 2 rings (SSSR count). The van der Waals surface area contributed by atoms with Crippen LogP contribution in [-0.4, -0.2) is 28.8 Å². The van der Waals surface area contributed by atoms with Crippen molar-refractivity contribution in [3.63, 3.8) is 0 Å². The first-order chi connectivity index (χ1) is 14.1. The average Bonchev–Trinajstić information content (AvgIpc) is 2.66. The van der Waals surface area contributed by atoms with Gasteiger partial charge in [0.05, 0.1) is 16.5 Å².